The summed E-state index contributed by atoms with van der Waals surface area (Å²) in [5, 5.41) is 0. The number of alkyl halides is 2. The van der Waals surface area contributed by atoms with Crippen molar-refractivity contribution >= 4 is 31.9 Å². The van der Waals surface area contributed by atoms with Crippen LogP contribution in [0.1, 0.15) is 232 Å². The molecule has 2 aromatic carbocycles. The summed E-state index contributed by atoms with van der Waals surface area (Å²) in [5.74, 6) is 1.71. The van der Waals surface area contributed by atoms with Gasteiger partial charge in [0.15, 0.2) is 0 Å². The van der Waals surface area contributed by atoms with E-state index in [0.717, 1.165) is 11.8 Å². The second-order valence-corrected chi connectivity index (χ2v) is 16.8. The lowest BCUT2D eigenvalue weighted by Crippen LogP contribution is -2.00. The van der Waals surface area contributed by atoms with Crippen LogP contribution < -0.4 is 0 Å². The van der Waals surface area contributed by atoms with E-state index in [4.69, 9.17) is 0 Å². The molecule has 0 saturated heterocycles. The number of unbranched alkanes of at least 4 members (excludes halogenated alkanes) is 16. The fourth-order valence-corrected chi connectivity index (χ4v) is 9.12. The molecular formula is C45H74Br2. The van der Waals surface area contributed by atoms with Crippen LogP contribution in [-0.2, 0) is 0 Å². The van der Waals surface area contributed by atoms with Crippen molar-refractivity contribution in [2.24, 2.45) is 0 Å². The van der Waals surface area contributed by atoms with Gasteiger partial charge in [0.1, 0.15) is 0 Å². The average Bonchev–Trinajstić information content (AvgIpc) is 3.45. The van der Waals surface area contributed by atoms with Crippen LogP contribution in [0.2, 0.25) is 0 Å². The Kier molecular flexibility index (Phi) is 25.5. The minimum Gasteiger partial charge on any atom is -0.0839 e. The molecule has 0 aromatic heterocycles. The number of fused-ring (bicyclic) bond motifs is 1. The van der Waals surface area contributed by atoms with E-state index in [1.165, 1.54) is 172 Å². The number of benzene rings is 2. The van der Waals surface area contributed by atoms with Crippen molar-refractivity contribution in [1.29, 1.82) is 0 Å². The summed E-state index contributed by atoms with van der Waals surface area (Å²) in [7, 11) is 0. The normalized spacial score (nSPS) is 16.8. The fraction of sp³-hybridized carbons (Fsp3) is 0.733. The van der Waals surface area contributed by atoms with E-state index in [1.54, 1.807) is 11.1 Å². The van der Waals surface area contributed by atoms with Gasteiger partial charge in [-0.2, -0.15) is 0 Å². The molecule has 4 unspecified atom stereocenters. The van der Waals surface area contributed by atoms with Crippen LogP contribution in [0.5, 0.6) is 0 Å². The highest BCUT2D eigenvalue weighted by atomic mass is 79.9. The van der Waals surface area contributed by atoms with Gasteiger partial charge in [-0.3, -0.25) is 0 Å². The van der Waals surface area contributed by atoms with Crippen molar-refractivity contribution in [3.63, 3.8) is 0 Å². The zero-order valence-corrected chi connectivity index (χ0v) is 34.5. The summed E-state index contributed by atoms with van der Waals surface area (Å²) >= 11 is 7.91. The lowest BCUT2D eigenvalue weighted by molar-refractivity contribution is 0.483. The molecule has 0 aliphatic heterocycles. The molecule has 2 aromatic rings. The molecule has 268 valence electrons. The molecule has 0 N–H and O–H groups in total. The van der Waals surface area contributed by atoms with Gasteiger partial charge in [0.2, 0.25) is 0 Å². The average molecular weight is 775 g/mol. The monoisotopic (exact) mass is 772 g/mol. The second kappa shape index (κ2) is 28.1. The minimum absolute atomic E-state index is 0.496. The van der Waals surface area contributed by atoms with Gasteiger partial charge in [-0.05, 0) is 66.2 Å². The van der Waals surface area contributed by atoms with E-state index in [0.29, 0.717) is 9.65 Å². The highest BCUT2D eigenvalue weighted by Gasteiger charge is 2.29. The molecule has 4 atom stereocenters. The van der Waals surface area contributed by atoms with Crippen LogP contribution in [0.15, 0.2) is 48.5 Å². The predicted octanol–water partition coefficient (Wildman–Crippen LogP) is 17.3. The van der Waals surface area contributed by atoms with E-state index in [1.807, 2.05) is 0 Å². The van der Waals surface area contributed by atoms with E-state index in [9.17, 15) is 0 Å². The third kappa shape index (κ3) is 17.8. The highest BCUT2D eigenvalue weighted by Crippen LogP contribution is 2.46. The number of rotatable bonds is 26. The molecule has 47 heavy (non-hydrogen) atoms. The Morgan fingerprint density at radius 1 is 0.447 bits per heavy atom. The van der Waals surface area contributed by atoms with E-state index in [2.05, 4.69) is 108 Å². The van der Waals surface area contributed by atoms with Gasteiger partial charge in [0.05, 0.1) is 0 Å². The van der Waals surface area contributed by atoms with Gasteiger partial charge >= 0.3 is 0 Å². The van der Waals surface area contributed by atoms with Crippen LogP contribution in [0.3, 0.4) is 0 Å². The maximum atomic E-state index is 3.96. The Labute approximate surface area is 310 Å². The molecule has 0 spiro atoms. The molecule has 0 saturated carbocycles. The number of halogens is 2. The predicted molar refractivity (Wildman–Crippen MR) is 220 cm³/mol. The van der Waals surface area contributed by atoms with Crippen molar-refractivity contribution < 1.29 is 0 Å². The zero-order valence-electron chi connectivity index (χ0n) is 31.4. The topological polar surface area (TPSA) is 0 Å². The fourth-order valence-electron chi connectivity index (χ4n) is 7.63. The van der Waals surface area contributed by atoms with Gasteiger partial charge in [0, 0.05) is 9.65 Å². The quantitative estimate of drug-likeness (QED) is 0.0660. The molecule has 1 aliphatic carbocycles. The van der Waals surface area contributed by atoms with Crippen LogP contribution in [0, 0.1) is 0 Å². The van der Waals surface area contributed by atoms with E-state index >= 15 is 0 Å². The SMILES string of the molecule is CCCCCCCC(Br)c1ccccc1C(Br)CCCCCCC.CCCCCCCC1CC(CCCCCCC)c2ccccc21. The molecule has 0 bridgehead atoms. The molecule has 0 heterocycles. The molecule has 0 fully saturated rings. The molecule has 0 nitrogen and oxygen atoms in total. The summed E-state index contributed by atoms with van der Waals surface area (Å²) in [6.45, 7) is 9.17. The summed E-state index contributed by atoms with van der Waals surface area (Å²) in [5.41, 5.74) is 6.37. The first-order chi connectivity index (χ1) is 23.1. The van der Waals surface area contributed by atoms with E-state index in [-0.39, 0.29) is 0 Å². The Morgan fingerprint density at radius 3 is 1.13 bits per heavy atom. The third-order valence-corrected chi connectivity index (χ3v) is 12.5. The van der Waals surface area contributed by atoms with Gasteiger partial charge in [0.25, 0.3) is 0 Å². The van der Waals surface area contributed by atoms with Crippen LogP contribution >= 0.6 is 31.9 Å². The van der Waals surface area contributed by atoms with Crippen LogP contribution in [-0.4, -0.2) is 0 Å². The zero-order chi connectivity index (χ0) is 34.0. The van der Waals surface area contributed by atoms with Gasteiger partial charge in [-0.25, -0.2) is 0 Å². The Hall–Kier alpha value is -0.600. The smallest absolute Gasteiger partial charge is 0.0398 e. The number of hydrogen-bond donors (Lipinski definition) is 0. The molecule has 3 rings (SSSR count). The standard InChI is InChI=1S/C23H38.C22H36Br2/c1-3-5-7-9-11-15-20-19-21(16-12-10-8-6-4-2)23-18-14-13-17-22(20)23;1-3-5-7-9-11-17-21(23)19-15-13-14-16-20(19)22(24)18-12-10-8-6-4-2/h13-14,17-18,20-21H,3-12,15-16,19H2,1-2H3;13-16,21-22H,3-12,17-18H2,1-2H3. The first kappa shape index (κ1) is 42.6. The van der Waals surface area contributed by atoms with Crippen molar-refractivity contribution in [2.75, 3.05) is 0 Å². The van der Waals surface area contributed by atoms with Crippen LogP contribution in [0.4, 0.5) is 0 Å². The van der Waals surface area contributed by atoms with E-state index < -0.39 is 0 Å². The largest absolute Gasteiger partial charge is 0.0839 e. The number of hydrogen-bond acceptors (Lipinski definition) is 0. The summed E-state index contributed by atoms with van der Waals surface area (Å²) < 4.78 is 0. The molecule has 0 amide bonds. The molecular weight excluding hydrogens is 700 g/mol. The Morgan fingerprint density at radius 2 is 0.766 bits per heavy atom. The van der Waals surface area contributed by atoms with Gasteiger partial charge < -0.3 is 0 Å². The summed E-state index contributed by atoms with van der Waals surface area (Å²) in [6.07, 6.45) is 34.5. The van der Waals surface area contributed by atoms with Gasteiger partial charge in [-0.15, -0.1) is 0 Å². The van der Waals surface area contributed by atoms with Crippen molar-refractivity contribution in [1.82, 2.24) is 0 Å². The Bertz CT molecular complexity index is 921. The van der Waals surface area contributed by atoms with Crippen molar-refractivity contribution in [3.05, 3.63) is 70.8 Å². The summed E-state index contributed by atoms with van der Waals surface area (Å²) in [6, 6.07) is 18.3. The van der Waals surface area contributed by atoms with Crippen molar-refractivity contribution in [3.8, 4) is 0 Å². The summed E-state index contributed by atoms with van der Waals surface area (Å²) in [4.78, 5) is 0.992. The minimum atomic E-state index is 0.496. The molecule has 0 radical (unpaired) electrons. The Balaban J connectivity index is 0.000000327. The lowest BCUT2D eigenvalue weighted by Gasteiger charge is -2.19. The first-order valence-electron chi connectivity index (χ1n) is 20.5. The maximum absolute atomic E-state index is 3.96. The highest BCUT2D eigenvalue weighted by molar-refractivity contribution is 9.09. The molecule has 1 aliphatic rings. The van der Waals surface area contributed by atoms with Gasteiger partial charge in [-0.1, -0.05) is 237 Å². The maximum Gasteiger partial charge on any atom is 0.0398 e. The van der Waals surface area contributed by atoms with Crippen molar-refractivity contribution in [2.45, 2.75) is 210 Å². The lowest BCUT2D eigenvalue weighted by atomic mass is 9.92. The second-order valence-electron chi connectivity index (χ2n) is 14.6. The van der Waals surface area contributed by atoms with Crippen LogP contribution in [0.25, 0.3) is 0 Å². The third-order valence-electron chi connectivity index (χ3n) is 10.6. The first-order valence-corrected chi connectivity index (χ1v) is 22.4. The molecule has 2 heteroatoms.